The van der Waals surface area contributed by atoms with Gasteiger partial charge in [0.25, 0.3) is 0 Å². The fourth-order valence-corrected chi connectivity index (χ4v) is 2.98. The minimum atomic E-state index is -1.14. The lowest BCUT2D eigenvalue weighted by Crippen LogP contribution is -2.51. The monoisotopic (exact) mass is 278 g/mol. The van der Waals surface area contributed by atoms with Crippen molar-refractivity contribution in [1.29, 1.82) is 0 Å². The van der Waals surface area contributed by atoms with Crippen molar-refractivity contribution >= 4 is 17.6 Å². The second-order valence-electron chi connectivity index (χ2n) is 5.20. The summed E-state index contributed by atoms with van der Waals surface area (Å²) in [4.78, 5) is 26.2. The van der Waals surface area contributed by atoms with Gasteiger partial charge in [0.1, 0.15) is 5.82 Å². The Labute approximate surface area is 115 Å². The molecule has 1 N–H and O–H groups in total. The second-order valence-corrected chi connectivity index (χ2v) is 5.20. The normalized spacial score (nSPS) is 22.1. The summed E-state index contributed by atoms with van der Waals surface area (Å²) < 4.78 is 14.0. The van der Waals surface area contributed by atoms with Crippen molar-refractivity contribution in [2.45, 2.75) is 18.9 Å². The lowest BCUT2D eigenvalue weighted by atomic mass is 10.1. The van der Waals surface area contributed by atoms with Crippen LogP contribution in [0.2, 0.25) is 0 Å². The van der Waals surface area contributed by atoms with Crippen molar-refractivity contribution in [3.8, 4) is 0 Å². The molecule has 2 fully saturated rings. The van der Waals surface area contributed by atoms with E-state index in [2.05, 4.69) is 0 Å². The first-order valence-corrected chi connectivity index (χ1v) is 6.63. The second kappa shape index (κ2) is 4.77. The van der Waals surface area contributed by atoms with Crippen LogP contribution in [0, 0.1) is 5.82 Å². The van der Waals surface area contributed by atoms with Crippen molar-refractivity contribution in [2.75, 3.05) is 24.5 Å². The van der Waals surface area contributed by atoms with Crippen LogP contribution in [-0.4, -0.2) is 47.6 Å². The molecule has 0 aromatic heterocycles. The van der Waals surface area contributed by atoms with Gasteiger partial charge in [-0.2, -0.15) is 0 Å². The van der Waals surface area contributed by atoms with Gasteiger partial charge in [0.2, 0.25) is 5.91 Å². The summed E-state index contributed by atoms with van der Waals surface area (Å²) in [5, 5.41) is 8.84. The maximum atomic E-state index is 14.0. The number of aromatic carboxylic acids is 1. The standard InChI is InChI=1S/C14H15FN2O3/c15-11-7-9(14(19)20)1-3-12(11)16-5-6-17-10(8-16)2-4-13(17)18/h1,3,7,10H,2,4-6,8H2,(H,19,20). The largest absolute Gasteiger partial charge is 0.478 e. The number of carboxylic acid groups (broad SMARTS) is 1. The highest BCUT2D eigenvalue weighted by Gasteiger charge is 2.36. The lowest BCUT2D eigenvalue weighted by molar-refractivity contribution is -0.129. The van der Waals surface area contributed by atoms with Gasteiger partial charge < -0.3 is 14.9 Å². The smallest absolute Gasteiger partial charge is 0.335 e. The highest BCUT2D eigenvalue weighted by molar-refractivity contribution is 5.88. The third-order valence-electron chi connectivity index (χ3n) is 4.03. The van der Waals surface area contributed by atoms with E-state index in [9.17, 15) is 14.0 Å². The molecule has 2 heterocycles. The highest BCUT2D eigenvalue weighted by atomic mass is 19.1. The number of hydrogen-bond donors (Lipinski definition) is 1. The molecule has 106 valence electrons. The first-order valence-electron chi connectivity index (χ1n) is 6.63. The Kier molecular flexibility index (Phi) is 3.08. The molecule has 0 spiro atoms. The van der Waals surface area contributed by atoms with E-state index in [0.29, 0.717) is 31.7 Å². The van der Waals surface area contributed by atoms with Crippen molar-refractivity contribution in [2.24, 2.45) is 0 Å². The summed E-state index contributed by atoms with van der Waals surface area (Å²) >= 11 is 0. The molecule has 3 rings (SSSR count). The van der Waals surface area contributed by atoms with E-state index in [0.717, 1.165) is 12.5 Å². The van der Waals surface area contributed by atoms with Crippen molar-refractivity contribution < 1.29 is 19.1 Å². The summed E-state index contributed by atoms with van der Waals surface area (Å²) in [6.07, 6.45) is 1.38. The first-order chi connectivity index (χ1) is 9.56. The van der Waals surface area contributed by atoms with E-state index in [1.807, 2.05) is 9.80 Å². The Morgan fingerprint density at radius 3 is 2.85 bits per heavy atom. The zero-order valence-electron chi connectivity index (χ0n) is 10.9. The van der Waals surface area contributed by atoms with Crippen LogP contribution in [0.4, 0.5) is 10.1 Å². The predicted octanol–water partition coefficient (Wildman–Crippen LogP) is 1.33. The zero-order chi connectivity index (χ0) is 14.3. The van der Waals surface area contributed by atoms with E-state index in [1.165, 1.54) is 12.1 Å². The number of amides is 1. The minimum absolute atomic E-state index is 0.0547. The average molecular weight is 278 g/mol. The molecular weight excluding hydrogens is 263 g/mol. The fraction of sp³-hybridized carbons (Fsp3) is 0.429. The maximum absolute atomic E-state index is 14.0. The number of carbonyl (C=O) groups is 2. The number of piperazine rings is 1. The number of fused-ring (bicyclic) bond motifs is 1. The van der Waals surface area contributed by atoms with Crippen LogP contribution in [0.15, 0.2) is 18.2 Å². The van der Waals surface area contributed by atoms with Gasteiger partial charge in [-0.25, -0.2) is 9.18 Å². The number of nitrogens with zero attached hydrogens (tertiary/aromatic N) is 2. The quantitative estimate of drug-likeness (QED) is 0.886. The molecule has 0 radical (unpaired) electrons. The summed E-state index contributed by atoms with van der Waals surface area (Å²) in [6.45, 7) is 1.78. The molecule has 1 atom stereocenters. The SMILES string of the molecule is O=C(O)c1ccc(N2CCN3C(=O)CCC3C2)c(F)c1. The molecule has 0 bridgehead atoms. The van der Waals surface area contributed by atoms with Gasteiger partial charge in [-0.3, -0.25) is 4.79 Å². The molecule has 1 amide bonds. The van der Waals surface area contributed by atoms with Crippen molar-refractivity contribution in [3.63, 3.8) is 0 Å². The number of rotatable bonds is 2. The summed E-state index contributed by atoms with van der Waals surface area (Å²) in [5.74, 6) is -1.49. The third kappa shape index (κ3) is 2.11. The molecule has 20 heavy (non-hydrogen) atoms. The molecule has 0 aliphatic carbocycles. The molecule has 1 aromatic carbocycles. The van der Waals surface area contributed by atoms with E-state index >= 15 is 0 Å². The predicted molar refractivity (Wildman–Crippen MR) is 70.3 cm³/mol. The van der Waals surface area contributed by atoms with Crippen molar-refractivity contribution in [1.82, 2.24) is 4.90 Å². The third-order valence-corrected chi connectivity index (χ3v) is 4.03. The number of carbonyl (C=O) groups excluding carboxylic acids is 1. The Morgan fingerprint density at radius 1 is 1.35 bits per heavy atom. The molecule has 1 unspecified atom stereocenters. The minimum Gasteiger partial charge on any atom is -0.478 e. The van der Waals surface area contributed by atoms with Crippen molar-refractivity contribution in [3.05, 3.63) is 29.6 Å². The van der Waals surface area contributed by atoms with Gasteiger partial charge in [-0.15, -0.1) is 0 Å². The van der Waals surface area contributed by atoms with Gasteiger partial charge in [-0.05, 0) is 24.6 Å². The van der Waals surface area contributed by atoms with Crippen LogP contribution in [0.1, 0.15) is 23.2 Å². The lowest BCUT2D eigenvalue weighted by Gasteiger charge is -2.38. The summed E-state index contributed by atoms with van der Waals surface area (Å²) in [7, 11) is 0. The van der Waals surface area contributed by atoms with Gasteiger partial charge in [0, 0.05) is 32.1 Å². The van der Waals surface area contributed by atoms with Crippen LogP contribution in [0.25, 0.3) is 0 Å². The number of benzene rings is 1. The Morgan fingerprint density at radius 2 is 2.15 bits per heavy atom. The molecule has 0 saturated carbocycles. The molecule has 2 aliphatic rings. The first kappa shape index (κ1) is 12.9. The summed E-state index contributed by atoms with van der Waals surface area (Å²) in [5.41, 5.74) is 0.356. The van der Waals surface area contributed by atoms with E-state index in [1.54, 1.807) is 0 Å². The van der Waals surface area contributed by atoms with Gasteiger partial charge in [0.15, 0.2) is 0 Å². The Balaban J connectivity index is 1.80. The fourth-order valence-electron chi connectivity index (χ4n) is 2.98. The Hall–Kier alpha value is -2.11. The number of hydrogen-bond acceptors (Lipinski definition) is 3. The maximum Gasteiger partial charge on any atom is 0.335 e. The van der Waals surface area contributed by atoms with Crippen LogP contribution < -0.4 is 4.90 Å². The van der Waals surface area contributed by atoms with Gasteiger partial charge in [0.05, 0.1) is 11.3 Å². The molecule has 2 aliphatic heterocycles. The van der Waals surface area contributed by atoms with Gasteiger partial charge in [-0.1, -0.05) is 0 Å². The zero-order valence-corrected chi connectivity index (χ0v) is 10.9. The molecule has 1 aromatic rings. The number of carboxylic acids is 1. The van der Waals surface area contributed by atoms with Crippen LogP contribution in [-0.2, 0) is 4.79 Å². The van der Waals surface area contributed by atoms with E-state index < -0.39 is 11.8 Å². The highest BCUT2D eigenvalue weighted by Crippen LogP contribution is 2.28. The molecule has 6 heteroatoms. The number of anilines is 1. The number of halogens is 1. The van der Waals surface area contributed by atoms with Crippen LogP contribution >= 0.6 is 0 Å². The van der Waals surface area contributed by atoms with E-state index in [4.69, 9.17) is 5.11 Å². The molecule has 2 saturated heterocycles. The average Bonchev–Trinajstić information content (AvgIpc) is 2.79. The Bertz CT molecular complexity index is 576. The topological polar surface area (TPSA) is 60.9 Å². The van der Waals surface area contributed by atoms with Gasteiger partial charge >= 0.3 is 5.97 Å². The van der Waals surface area contributed by atoms with Crippen LogP contribution in [0.5, 0.6) is 0 Å². The van der Waals surface area contributed by atoms with Crippen LogP contribution in [0.3, 0.4) is 0 Å². The van der Waals surface area contributed by atoms with E-state index in [-0.39, 0.29) is 17.5 Å². The summed E-state index contributed by atoms with van der Waals surface area (Å²) in [6, 6.07) is 4.11. The molecule has 5 nitrogen and oxygen atoms in total. The molecular formula is C14H15FN2O3.